The number of nitrogens with zero attached hydrogens (tertiary/aromatic N) is 2. The molecule has 0 aliphatic rings. The molecule has 1 aromatic heterocycles. The number of hydrogen-bond acceptors (Lipinski definition) is 2. The van der Waals surface area contributed by atoms with Gasteiger partial charge in [-0.2, -0.15) is 0 Å². The Morgan fingerprint density at radius 1 is 1.30 bits per heavy atom. The molecule has 1 heterocycles. The predicted molar refractivity (Wildman–Crippen MR) is 84.1 cm³/mol. The van der Waals surface area contributed by atoms with Crippen molar-refractivity contribution in [2.75, 3.05) is 0 Å². The maximum atomic E-state index is 6.29. The summed E-state index contributed by atoms with van der Waals surface area (Å²) in [6.07, 6.45) is 3.78. The molecule has 0 radical (unpaired) electrons. The van der Waals surface area contributed by atoms with Gasteiger partial charge in [-0.05, 0) is 39.3 Å². The third-order valence-corrected chi connectivity index (χ3v) is 3.66. The summed E-state index contributed by atoms with van der Waals surface area (Å²) in [5.41, 5.74) is 2.36. The zero-order valence-electron chi connectivity index (χ0n) is 12.5. The average molecular weight is 292 g/mol. The van der Waals surface area contributed by atoms with Gasteiger partial charge in [0.25, 0.3) is 0 Å². The summed E-state index contributed by atoms with van der Waals surface area (Å²) in [6, 6.07) is 8.13. The molecule has 0 saturated heterocycles. The highest BCUT2D eigenvalue weighted by Gasteiger charge is 2.16. The van der Waals surface area contributed by atoms with E-state index < -0.39 is 0 Å². The Bertz CT molecular complexity index is 569. The molecule has 1 N–H and O–H groups in total. The van der Waals surface area contributed by atoms with Crippen LogP contribution in [0.15, 0.2) is 36.8 Å². The minimum absolute atomic E-state index is 0.0860. The zero-order chi connectivity index (χ0) is 14.8. The van der Waals surface area contributed by atoms with Crippen molar-refractivity contribution in [1.82, 2.24) is 14.9 Å². The van der Waals surface area contributed by atoms with Crippen molar-refractivity contribution in [3.8, 4) is 0 Å². The van der Waals surface area contributed by atoms with Gasteiger partial charge in [0, 0.05) is 23.3 Å². The molecule has 0 aliphatic heterocycles. The maximum Gasteiger partial charge on any atom is 0.0954 e. The molecule has 0 amide bonds. The minimum Gasteiger partial charge on any atom is -0.326 e. The van der Waals surface area contributed by atoms with Crippen LogP contribution in [0.2, 0.25) is 5.02 Å². The summed E-state index contributed by atoms with van der Waals surface area (Å²) in [5.74, 6) is 0. The van der Waals surface area contributed by atoms with Gasteiger partial charge in [-0.3, -0.25) is 0 Å². The third-order valence-electron chi connectivity index (χ3n) is 3.32. The number of halogens is 1. The van der Waals surface area contributed by atoms with Crippen LogP contribution in [0.4, 0.5) is 0 Å². The van der Waals surface area contributed by atoms with E-state index in [1.54, 1.807) is 0 Å². The van der Waals surface area contributed by atoms with Crippen molar-refractivity contribution >= 4 is 11.6 Å². The van der Waals surface area contributed by atoms with Crippen molar-refractivity contribution < 1.29 is 0 Å². The van der Waals surface area contributed by atoms with Crippen LogP contribution in [-0.2, 0) is 6.54 Å². The minimum atomic E-state index is 0.0860. The molecular formula is C16H22ClN3. The lowest BCUT2D eigenvalue weighted by Gasteiger charge is -2.23. The molecule has 0 bridgehead atoms. The van der Waals surface area contributed by atoms with Crippen LogP contribution in [0.3, 0.4) is 0 Å². The Hall–Kier alpha value is -1.32. The van der Waals surface area contributed by atoms with Crippen LogP contribution >= 0.6 is 11.6 Å². The molecule has 108 valence electrons. The van der Waals surface area contributed by atoms with Gasteiger partial charge in [0.2, 0.25) is 0 Å². The zero-order valence-corrected chi connectivity index (χ0v) is 13.3. The smallest absolute Gasteiger partial charge is 0.0954 e. The highest BCUT2D eigenvalue weighted by atomic mass is 35.5. The van der Waals surface area contributed by atoms with Gasteiger partial charge < -0.3 is 9.88 Å². The number of rotatable bonds is 4. The van der Waals surface area contributed by atoms with Gasteiger partial charge in [0.1, 0.15) is 0 Å². The van der Waals surface area contributed by atoms with Crippen LogP contribution in [0.5, 0.6) is 0 Å². The summed E-state index contributed by atoms with van der Waals surface area (Å²) in [6.45, 7) is 9.41. The third kappa shape index (κ3) is 3.62. The standard InChI is InChI=1S/C16H22ClN3/c1-12(14-7-5-6-8-15(14)17)20-11-18-9-13(20)10-19-16(2,3)4/h5-9,11-12,19H,10H2,1-4H3. The lowest BCUT2D eigenvalue weighted by atomic mass is 10.1. The molecule has 0 fully saturated rings. The van der Waals surface area contributed by atoms with Gasteiger partial charge in [0.05, 0.1) is 18.1 Å². The van der Waals surface area contributed by atoms with Gasteiger partial charge in [-0.25, -0.2) is 4.98 Å². The first-order valence-electron chi connectivity index (χ1n) is 6.88. The molecule has 2 aromatic rings. The van der Waals surface area contributed by atoms with Gasteiger partial charge in [-0.15, -0.1) is 0 Å². The summed E-state index contributed by atoms with van der Waals surface area (Å²) >= 11 is 6.29. The van der Waals surface area contributed by atoms with E-state index in [2.05, 4.69) is 48.6 Å². The first kappa shape index (κ1) is 15.1. The van der Waals surface area contributed by atoms with Gasteiger partial charge in [-0.1, -0.05) is 29.8 Å². The van der Waals surface area contributed by atoms with Crippen molar-refractivity contribution in [2.45, 2.75) is 45.8 Å². The quantitative estimate of drug-likeness (QED) is 0.921. The second-order valence-electron chi connectivity index (χ2n) is 6.09. The SMILES string of the molecule is CC(c1ccccc1Cl)n1cncc1CNC(C)(C)C. The van der Waals surface area contributed by atoms with E-state index in [4.69, 9.17) is 11.6 Å². The highest BCUT2D eigenvalue weighted by molar-refractivity contribution is 6.31. The Kier molecular flexibility index (Phi) is 4.51. The topological polar surface area (TPSA) is 29.9 Å². The van der Waals surface area contributed by atoms with Crippen LogP contribution in [0.1, 0.15) is 45.0 Å². The monoisotopic (exact) mass is 291 g/mol. The molecule has 0 aliphatic carbocycles. The first-order valence-corrected chi connectivity index (χ1v) is 7.26. The second kappa shape index (κ2) is 5.98. The summed E-state index contributed by atoms with van der Waals surface area (Å²) in [4.78, 5) is 4.28. The fourth-order valence-electron chi connectivity index (χ4n) is 2.14. The van der Waals surface area contributed by atoms with E-state index in [-0.39, 0.29) is 11.6 Å². The predicted octanol–water partition coefficient (Wildman–Crippen LogP) is 4.03. The molecular weight excluding hydrogens is 270 g/mol. The molecule has 0 spiro atoms. The molecule has 1 atom stereocenters. The van der Waals surface area contributed by atoms with Crippen molar-refractivity contribution in [3.63, 3.8) is 0 Å². The summed E-state index contributed by atoms with van der Waals surface area (Å²) in [5, 5.41) is 4.29. The maximum absolute atomic E-state index is 6.29. The molecule has 2 rings (SSSR count). The fourth-order valence-corrected chi connectivity index (χ4v) is 2.43. The number of imidazole rings is 1. The van der Waals surface area contributed by atoms with Crippen molar-refractivity contribution in [2.24, 2.45) is 0 Å². The van der Waals surface area contributed by atoms with E-state index in [9.17, 15) is 0 Å². The molecule has 0 saturated carbocycles. The molecule has 1 aromatic carbocycles. The lowest BCUT2D eigenvalue weighted by molar-refractivity contribution is 0.413. The number of benzene rings is 1. The summed E-state index contributed by atoms with van der Waals surface area (Å²) in [7, 11) is 0. The first-order chi connectivity index (χ1) is 9.38. The van der Waals surface area contributed by atoms with Crippen LogP contribution in [0, 0.1) is 0 Å². The van der Waals surface area contributed by atoms with E-state index in [1.807, 2.05) is 30.7 Å². The molecule has 3 nitrogen and oxygen atoms in total. The molecule has 20 heavy (non-hydrogen) atoms. The van der Waals surface area contributed by atoms with Gasteiger partial charge in [0.15, 0.2) is 0 Å². The Morgan fingerprint density at radius 3 is 2.65 bits per heavy atom. The second-order valence-corrected chi connectivity index (χ2v) is 6.50. The summed E-state index contributed by atoms with van der Waals surface area (Å²) < 4.78 is 2.17. The normalized spacial score (nSPS) is 13.4. The number of nitrogens with one attached hydrogen (secondary N) is 1. The van der Waals surface area contributed by atoms with E-state index in [0.717, 1.165) is 22.8 Å². The largest absolute Gasteiger partial charge is 0.326 e. The van der Waals surface area contributed by atoms with Crippen molar-refractivity contribution in [1.29, 1.82) is 0 Å². The average Bonchev–Trinajstić information content (AvgIpc) is 2.83. The van der Waals surface area contributed by atoms with Crippen LogP contribution < -0.4 is 5.32 Å². The Morgan fingerprint density at radius 2 is 2.00 bits per heavy atom. The van der Waals surface area contributed by atoms with E-state index in [1.165, 1.54) is 0 Å². The highest BCUT2D eigenvalue weighted by Crippen LogP contribution is 2.26. The van der Waals surface area contributed by atoms with Crippen molar-refractivity contribution in [3.05, 3.63) is 53.1 Å². The van der Waals surface area contributed by atoms with E-state index >= 15 is 0 Å². The Balaban J connectivity index is 2.21. The Labute approximate surface area is 126 Å². The number of hydrogen-bond donors (Lipinski definition) is 1. The van der Waals surface area contributed by atoms with Crippen LogP contribution in [-0.4, -0.2) is 15.1 Å². The lowest BCUT2D eigenvalue weighted by Crippen LogP contribution is -2.35. The number of aromatic nitrogens is 2. The fraction of sp³-hybridized carbons (Fsp3) is 0.438. The van der Waals surface area contributed by atoms with E-state index in [0.29, 0.717) is 0 Å². The molecule has 1 unspecified atom stereocenters. The molecule has 4 heteroatoms. The van der Waals surface area contributed by atoms with Crippen LogP contribution in [0.25, 0.3) is 0 Å². The van der Waals surface area contributed by atoms with Gasteiger partial charge >= 0.3 is 0 Å².